The van der Waals surface area contributed by atoms with Gasteiger partial charge in [-0.1, -0.05) is 0 Å². The van der Waals surface area contributed by atoms with Crippen LogP contribution in [0.2, 0.25) is 0 Å². The molecule has 1 saturated carbocycles. The van der Waals surface area contributed by atoms with E-state index in [-0.39, 0.29) is 12.1 Å². The summed E-state index contributed by atoms with van der Waals surface area (Å²) in [6.45, 7) is 0. The third-order valence-corrected chi connectivity index (χ3v) is 3.14. The van der Waals surface area contributed by atoms with Crippen molar-refractivity contribution in [1.82, 2.24) is 4.98 Å². The van der Waals surface area contributed by atoms with Crippen LogP contribution in [0, 0.1) is 0 Å². The van der Waals surface area contributed by atoms with Gasteiger partial charge in [-0.15, -0.1) is 0 Å². The topological polar surface area (TPSA) is 45.1 Å². The average Bonchev–Trinajstić information content (AvgIpc) is 2.32. The second kappa shape index (κ2) is 5.14. The standard InChI is InChI=1S/C12H15F3N2O/c13-12(14,15)8-1-6-11(16-7-8)17-9-2-4-10(18)5-3-9/h1,6-7,9-10,18H,2-5H2,(H,16,17). The zero-order chi connectivity index (χ0) is 13.2. The van der Waals surface area contributed by atoms with E-state index in [4.69, 9.17) is 0 Å². The molecule has 0 atom stereocenters. The lowest BCUT2D eigenvalue weighted by Crippen LogP contribution is -2.28. The van der Waals surface area contributed by atoms with Gasteiger partial charge in [0.2, 0.25) is 0 Å². The number of nitrogens with zero attached hydrogens (tertiary/aromatic N) is 1. The van der Waals surface area contributed by atoms with E-state index in [2.05, 4.69) is 10.3 Å². The Morgan fingerprint density at radius 1 is 1.17 bits per heavy atom. The van der Waals surface area contributed by atoms with E-state index in [0.29, 0.717) is 5.82 Å². The minimum atomic E-state index is -4.35. The molecule has 0 radical (unpaired) electrons. The molecule has 0 aliphatic heterocycles. The Morgan fingerprint density at radius 3 is 2.33 bits per heavy atom. The number of halogens is 3. The Labute approximate surface area is 103 Å². The van der Waals surface area contributed by atoms with E-state index in [9.17, 15) is 18.3 Å². The van der Waals surface area contributed by atoms with Crippen LogP contribution in [0.25, 0.3) is 0 Å². The second-order valence-corrected chi connectivity index (χ2v) is 4.58. The van der Waals surface area contributed by atoms with Gasteiger partial charge in [-0.05, 0) is 37.8 Å². The van der Waals surface area contributed by atoms with Crippen LogP contribution in [0.3, 0.4) is 0 Å². The predicted molar refractivity (Wildman–Crippen MR) is 61.1 cm³/mol. The van der Waals surface area contributed by atoms with Gasteiger partial charge in [-0.3, -0.25) is 0 Å². The number of anilines is 1. The Bertz CT molecular complexity index is 383. The highest BCUT2D eigenvalue weighted by atomic mass is 19.4. The van der Waals surface area contributed by atoms with Crippen molar-refractivity contribution in [2.24, 2.45) is 0 Å². The fourth-order valence-electron chi connectivity index (χ4n) is 2.08. The molecule has 0 saturated heterocycles. The highest BCUT2D eigenvalue weighted by Crippen LogP contribution is 2.29. The third-order valence-electron chi connectivity index (χ3n) is 3.14. The largest absolute Gasteiger partial charge is 0.417 e. The number of alkyl halides is 3. The molecule has 0 spiro atoms. The van der Waals surface area contributed by atoms with E-state index >= 15 is 0 Å². The summed E-state index contributed by atoms with van der Waals surface area (Å²) in [5, 5.41) is 12.4. The number of hydrogen-bond acceptors (Lipinski definition) is 3. The lowest BCUT2D eigenvalue weighted by Gasteiger charge is -2.26. The summed E-state index contributed by atoms with van der Waals surface area (Å²) in [7, 11) is 0. The SMILES string of the molecule is OC1CCC(Nc2ccc(C(F)(F)F)cn2)CC1. The number of aliphatic hydroxyl groups is 1. The first-order valence-corrected chi connectivity index (χ1v) is 5.93. The molecule has 0 aromatic carbocycles. The van der Waals surface area contributed by atoms with Gasteiger partial charge in [0.05, 0.1) is 11.7 Å². The summed E-state index contributed by atoms with van der Waals surface area (Å²) >= 11 is 0. The number of pyridine rings is 1. The lowest BCUT2D eigenvalue weighted by molar-refractivity contribution is -0.137. The summed E-state index contributed by atoms with van der Waals surface area (Å²) in [6.07, 6.45) is -0.700. The van der Waals surface area contributed by atoms with Crippen molar-refractivity contribution < 1.29 is 18.3 Å². The molecule has 6 heteroatoms. The molecule has 1 heterocycles. The molecule has 0 unspecified atom stereocenters. The number of aromatic nitrogens is 1. The van der Waals surface area contributed by atoms with Gasteiger partial charge in [0.25, 0.3) is 0 Å². The monoisotopic (exact) mass is 260 g/mol. The Morgan fingerprint density at radius 2 is 1.83 bits per heavy atom. The van der Waals surface area contributed by atoms with Gasteiger partial charge in [-0.25, -0.2) is 4.98 Å². The van der Waals surface area contributed by atoms with Gasteiger partial charge in [-0.2, -0.15) is 13.2 Å². The van der Waals surface area contributed by atoms with E-state index in [1.165, 1.54) is 6.07 Å². The normalized spacial score (nSPS) is 24.9. The van der Waals surface area contributed by atoms with Crippen molar-refractivity contribution in [3.05, 3.63) is 23.9 Å². The number of nitrogens with one attached hydrogen (secondary N) is 1. The van der Waals surface area contributed by atoms with Crippen LogP contribution in [0.15, 0.2) is 18.3 Å². The van der Waals surface area contributed by atoms with Gasteiger partial charge in [0.1, 0.15) is 5.82 Å². The summed E-state index contributed by atoms with van der Waals surface area (Å²) in [5.41, 5.74) is -0.743. The van der Waals surface area contributed by atoms with Crippen molar-refractivity contribution in [2.45, 2.75) is 44.0 Å². The molecule has 0 amide bonds. The van der Waals surface area contributed by atoms with Crippen molar-refractivity contribution in [3.63, 3.8) is 0 Å². The molecule has 1 aromatic heterocycles. The Kier molecular flexibility index (Phi) is 3.75. The molecule has 18 heavy (non-hydrogen) atoms. The maximum atomic E-state index is 12.3. The molecule has 1 aliphatic rings. The maximum absolute atomic E-state index is 12.3. The molecule has 2 N–H and O–H groups in total. The van der Waals surface area contributed by atoms with E-state index in [0.717, 1.165) is 37.9 Å². The van der Waals surface area contributed by atoms with Gasteiger partial charge in [0.15, 0.2) is 0 Å². The third kappa shape index (κ3) is 3.35. The molecule has 1 aliphatic carbocycles. The first kappa shape index (κ1) is 13.1. The van der Waals surface area contributed by atoms with Crippen molar-refractivity contribution in [2.75, 3.05) is 5.32 Å². The van der Waals surface area contributed by atoms with E-state index in [1.807, 2.05) is 0 Å². The van der Waals surface area contributed by atoms with Crippen molar-refractivity contribution in [1.29, 1.82) is 0 Å². The van der Waals surface area contributed by atoms with Crippen LogP contribution in [-0.4, -0.2) is 22.2 Å². The van der Waals surface area contributed by atoms with Crippen molar-refractivity contribution in [3.8, 4) is 0 Å². The van der Waals surface area contributed by atoms with Crippen LogP contribution < -0.4 is 5.32 Å². The quantitative estimate of drug-likeness (QED) is 0.859. The van der Waals surface area contributed by atoms with E-state index < -0.39 is 11.7 Å². The van der Waals surface area contributed by atoms with E-state index in [1.54, 1.807) is 0 Å². The fourth-order valence-corrected chi connectivity index (χ4v) is 2.08. The van der Waals surface area contributed by atoms with Crippen LogP contribution >= 0.6 is 0 Å². The molecule has 1 aromatic rings. The summed E-state index contributed by atoms with van der Waals surface area (Å²) < 4.78 is 37.0. The second-order valence-electron chi connectivity index (χ2n) is 4.58. The highest BCUT2D eigenvalue weighted by Gasteiger charge is 2.30. The molecule has 0 bridgehead atoms. The molecular weight excluding hydrogens is 245 g/mol. The number of aliphatic hydroxyl groups excluding tert-OH is 1. The number of hydrogen-bond donors (Lipinski definition) is 2. The summed E-state index contributed by atoms with van der Waals surface area (Å²) in [4.78, 5) is 3.76. The zero-order valence-corrected chi connectivity index (χ0v) is 9.74. The molecule has 3 nitrogen and oxygen atoms in total. The smallest absolute Gasteiger partial charge is 0.393 e. The highest BCUT2D eigenvalue weighted by molar-refractivity contribution is 5.37. The lowest BCUT2D eigenvalue weighted by atomic mass is 9.93. The summed E-state index contributed by atoms with van der Waals surface area (Å²) in [6, 6.07) is 2.54. The minimum absolute atomic E-state index is 0.178. The number of rotatable bonds is 2. The molecule has 1 fully saturated rings. The maximum Gasteiger partial charge on any atom is 0.417 e. The fraction of sp³-hybridized carbons (Fsp3) is 0.583. The van der Waals surface area contributed by atoms with Crippen LogP contribution in [0.4, 0.5) is 19.0 Å². The Hall–Kier alpha value is -1.30. The van der Waals surface area contributed by atoms with Crippen LogP contribution in [0.5, 0.6) is 0 Å². The molecule has 100 valence electrons. The molecule has 2 rings (SSSR count). The average molecular weight is 260 g/mol. The van der Waals surface area contributed by atoms with Crippen LogP contribution in [0.1, 0.15) is 31.2 Å². The van der Waals surface area contributed by atoms with Gasteiger partial charge < -0.3 is 10.4 Å². The predicted octanol–water partition coefficient (Wildman–Crippen LogP) is 2.82. The molecular formula is C12H15F3N2O. The van der Waals surface area contributed by atoms with Crippen LogP contribution in [-0.2, 0) is 6.18 Å². The minimum Gasteiger partial charge on any atom is -0.393 e. The first-order valence-electron chi connectivity index (χ1n) is 5.93. The zero-order valence-electron chi connectivity index (χ0n) is 9.74. The van der Waals surface area contributed by atoms with Gasteiger partial charge >= 0.3 is 6.18 Å². The van der Waals surface area contributed by atoms with Gasteiger partial charge in [0, 0.05) is 12.2 Å². The summed E-state index contributed by atoms with van der Waals surface area (Å²) in [5.74, 6) is 0.449. The van der Waals surface area contributed by atoms with Crippen molar-refractivity contribution >= 4 is 5.82 Å². The Balaban J connectivity index is 1.94. The first-order chi connectivity index (χ1) is 8.45.